The molecule has 2 fully saturated rings. The van der Waals surface area contributed by atoms with E-state index in [1.165, 1.54) is 25.1 Å². The smallest absolute Gasteiger partial charge is 0.0242 e. The summed E-state index contributed by atoms with van der Waals surface area (Å²) < 4.78 is 0. The molecule has 0 radical (unpaired) electrons. The molecule has 2 heterocycles. The lowest BCUT2D eigenvalue weighted by Gasteiger charge is -2.36. The summed E-state index contributed by atoms with van der Waals surface area (Å²) in [6.45, 7) is 8.31. The van der Waals surface area contributed by atoms with E-state index in [0.29, 0.717) is 6.04 Å². The van der Waals surface area contributed by atoms with Crippen LogP contribution in [-0.4, -0.2) is 41.0 Å². The van der Waals surface area contributed by atoms with E-state index in [0.717, 1.165) is 18.6 Å². The van der Waals surface area contributed by atoms with Gasteiger partial charge < -0.3 is 0 Å². The first-order chi connectivity index (χ1) is 8.24. The maximum absolute atomic E-state index is 2.67. The molecule has 3 rings (SSSR count). The van der Waals surface area contributed by atoms with Gasteiger partial charge in [0.2, 0.25) is 0 Å². The summed E-state index contributed by atoms with van der Waals surface area (Å²) in [5, 5.41) is 0. The maximum atomic E-state index is 2.67. The summed E-state index contributed by atoms with van der Waals surface area (Å²) in [5.41, 5.74) is 1.45. The largest absolute Gasteiger partial charge is 0.295 e. The highest BCUT2D eigenvalue weighted by molar-refractivity contribution is 5.15. The van der Waals surface area contributed by atoms with E-state index in [9.17, 15) is 0 Å². The second-order valence-electron chi connectivity index (χ2n) is 5.75. The van der Waals surface area contributed by atoms with Crippen LogP contribution in [-0.2, 0) is 6.54 Å². The molecule has 17 heavy (non-hydrogen) atoms. The summed E-state index contributed by atoms with van der Waals surface area (Å²) in [5.74, 6) is 0. The van der Waals surface area contributed by atoms with Gasteiger partial charge in [0.05, 0.1) is 0 Å². The minimum atomic E-state index is 0.712. The minimum absolute atomic E-state index is 0.712. The number of nitrogens with zero attached hydrogens (tertiary/aromatic N) is 2. The number of piperazine rings is 1. The summed E-state index contributed by atoms with van der Waals surface area (Å²) in [7, 11) is 0. The van der Waals surface area contributed by atoms with E-state index >= 15 is 0 Å². The van der Waals surface area contributed by atoms with Crippen molar-refractivity contribution in [3.8, 4) is 0 Å². The van der Waals surface area contributed by atoms with Crippen LogP contribution in [0.4, 0.5) is 0 Å². The summed E-state index contributed by atoms with van der Waals surface area (Å²) in [4.78, 5) is 5.34. The average molecular weight is 230 g/mol. The van der Waals surface area contributed by atoms with Crippen LogP contribution in [0.15, 0.2) is 30.3 Å². The Kier molecular flexibility index (Phi) is 2.93. The zero-order valence-corrected chi connectivity index (χ0v) is 10.8. The molecule has 2 atom stereocenters. The third-order valence-corrected chi connectivity index (χ3v) is 4.29. The molecule has 2 aliphatic heterocycles. The van der Waals surface area contributed by atoms with Gasteiger partial charge in [-0.05, 0) is 25.8 Å². The molecule has 92 valence electrons. The van der Waals surface area contributed by atoms with Gasteiger partial charge in [0, 0.05) is 37.8 Å². The lowest BCUT2D eigenvalue weighted by molar-refractivity contribution is 0.0999. The SMILES string of the molecule is CC(C)N1C[C@@H]2C[C@H]1CN2Cc1ccccc1. The number of benzene rings is 1. The van der Waals surface area contributed by atoms with Crippen molar-refractivity contribution in [2.75, 3.05) is 13.1 Å². The van der Waals surface area contributed by atoms with Crippen molar-refractivity contribution in [3.63, 3.8) is 0 Å². The summed E-state index contributed by atoms with van der Waals surface area (Å²) in [6, 6.07) is 13.2. The lowest BCUT2D eigenvalue weighted by Crippen LogP contribution is -2.48. The lowest BCUT2D eigenvalue weighted by atomic mass is 10.2. The standard InChI is InChI=1S/C15H22N2/c1-12(2)17-11-14-8-15(17)10-16(14)9-13-6-4-3-5-7-13/h3-7,12,14-15H,8-11H2,1-2H3/t14-,15-/m0/s1. The zero-order valence-electron chi connectivity index (χ0n) is 10.8. The fourth-order valence-electron chi connectivity index (χ4n) is 3.42. The fraction of sp³-hybridized carbons (Fsp3) is 0.600. The molecule has 0 saturated carbocycles. The van der Waals surface area contributed by atoms with Gasteiger partial charge in [0.15, 0.2) is 0 Å². The molecule has 2 aliphatic rings. The predicted octanol–water partition coefficient (Wildman–Crippen LogP) is 2.35. The first kappa shape index (κ1) is 11.2. The van der Waals surface area contributed by atoms with Gasteiger partial charge in [-0.25, -0.2) is 0 Å². The second-order valence-corrected chi connectivity index (χ2v) is 5.75. The van der Waals surface area contributed by atoms with Gasteiger partial charge in [0.25, 0.3) is 0 Å². The molecule has 2 bridgehead atoms. The van der Waals surface area contributed by atoms with Crippen LogP contribution < -0.4 is 0 Å². The number of hydrogen-bond acceptors (Lipinski definition) is 2. The number of likely N-dealkylation sites (tertiary alicyclic amines) is 2. The van der Waals surface area contributed by atoms with E-state index in [1.807, 2.05) is 0 Å². The van der Waals surface area contributed by atoms with Crippen molar-refractivity contribution in [3.05, 3.63) is 35.9 Å². The first-order valence-electron chi connectivity index (χ1n) is 6.78. The van der Waals surface area contributed by atoms with Crippen LogP contribution in [0.25, 0.3) is 0 Å². The van der Waals surface area contributed by atoms with Gasteiger partial charge in [-0.15, -0.1) is 0 Å². The van der Waals surface area contributed by atoms with Crippen molar-refractivity contribution < 1.29 is 0 Å². The molecule has 0 aliphatic carbocycles. The molecule has 0 unspecified atom stereocenters. The van der Waals surface area contributed by atoms with Crippen LogP contribution in [0, 0.1) is 0 Å². The fourth-order valence-corrected chi connectivity index (χ4v) is 3.42. The normalized spacial score (nSPS) is 29.4. The highest BCUT2D eigenvalue weighted by Crippen LogP contribution is 2.32. The van der Waals surface area contributed by atoms with Gasteiger partial charge >= 0.3 is 0 Å². The Balaban J connectivity index is 1.63. The van der Waals surface area contributed by atoms with E-state index in [2.05, 4.69) is 54.0 Å². The quantitative estimate of drug-likeness (QED) is 0.786. The van der Waals surface area contributed by atoms with Crippen molar-refractivity contribution in [2.45, 2.75) is 44.9 Å². The highest BCUT2D eigenvalue weighted by Gasteiger charge is 2.43. The van der Waals surface area contributed by atoms with Crippen LogP contribution in [0.1, 0.15) is 25.8 Å². The third kappa shape index (κ3) is 2.12. The van der Waals surface area contributed by atoms with E-state index in [1.54, 1.807) is 0 Å². The molecular weight excluding hydrogens is 208 g/mol. The molecule has 0 N–H and O–H groups in total. The molecule has 0 spiro atoms. The second kappa shape index (κ2) is 4.43. The highest BCUT2D eigenvalue weighted by atomic mass is 15.4. The molecule has 2 saturated heterocycles. The third-order valence-electron chi connectivity index (χ3n) is 4.29. The Bertz CT molecular complexity index is 374. The van der Waals surface area contributed by atoms with Gasteiger partial charge in [0.1, 0.15) is 0 Å². The van der Waals surface area contributed by atoms with Crippen molar-refractivity contribution in [1.29, 1.82) is 0 Å². The molecule has 0 amide bonds. The van der Waals surface area contributed by atoms with Crippen LogP contribution in [0.5, 0.6) is 0 Å². The van der Waals surface area contributed by atoms with Crippen molar-refractivity contribution in [2.24, 2.45) is 0 Å². The average Bonchev–Trinajstić information content (AvgIpc) is 2.89. The van der Waals surface area contributed by atoms with E-state index in [4.69, 9.17) is 0 Å². The molecular formula is C15H22N2. The maximum Gasteiger partial charge on any atom is 0.0242 e. The van der Waals surface area contributed by atoms with Gasteiger partial charge in [-0.1, -0.05) is 30.3 Å². The number of hydrogen-bond donors (Lipinski definition) is 0. The summed E-state index contributed by atoms with van der Waals surface area (Å²) in [6.07, 6.45) is 1.38. The van der Waals surface area contributed by atoms with Crippen molar-refractivity contribution >= 4 is 0 Å². The van der Waals surface area contributed by atoms with Crippen LogP contribution in [0.3, 0.4) is 0 Å². The Morgan fingerprint density at radius 3 is 2.47 bits per heavy atom. The zero-order chi connectivity index (χ0) is 11.8. The van der Waals surface area contributed by atoms with Crippen LogP contribution in [0.2, 0.25) is 0 Å². The summed E-state index contributed by atoms with van der Waals surface area (Å²) >= 11 is 0. The van der Waals surface area contributed by atoms with Gasteiger partial charge in [-0.2, -0.15) is 0 Å². The topological polar surface area (TPSA) is 6.48 Å². The van der Waals surface area contributed by atoms with Gasteiger partial charge in [-0.3, -0.25) is 9.80 Å². The first-order valence-corrected chi connectivity index (χ1v) is 6.78. The molecule has 2 nitrogen and oxygen atoms in total. The Morgan fingerprint density at radius 1 is 1.12 bits per heavy atom. The predicted molar refractivity (Wildman–Crippen MR) is 70.9 cm³/mol. The van der Waals surface area contributed by atoms with Crippen molar-refractivity contribution in [1.82, 2.24) is 9.80 Å². The molecule has 2 heteroatoms. The Morgan fingerprint density at radius 2 is 1.88 bits per heavy atom. The Hall–Kier alpha value is -0.860. The minimum Gasteiger partial charge on any atom is -0.295 e. The molecule has 1 aromatic carbocycles. The van der Waals surface area contributed by atoms with Crippen LogP contribution >= 0.6 is 0 Å². The van der Waals surface area contributed by atoms with E-state index in [-0.39, 0.29) is 0 Å². The number of rotatable bonds is 3. The molecule has 1 aromatic rings. The number of fused-ring (bicyclic) bond motifs is 2. The Labute approximate surface area is 104 Å². The molecule has 0 aromatic heterocycles. The monoisotopic (exact) mass is 230 g/mol. The van der Waals surface area contributed by atoms with E-state index < -0.39 is 0 Å².